The summed E-state index contributed by atoms with van der Waals surface area (Å²) in [6.45, 7) is 1.07. The summed E-state index contributed by atoms with van der Waals surface area (Å²) >= 11 is 0. The highest BCUT2D eigenvalue weighted by atomic mass is 16.2. The molecule has 6 heteroatoms. The maximum Gasteiger partial charge on any atom is 0.257 e. The van der Waals surface area contributed by atoms with Crippen LogP contribution >= 0.6 is 0 Å². The minimum absolute atomic E-state index is 0.0345. The van der Waals surface area contributed by atoms with Crippen LogP contribution < -0.4 is 5.32 Å². The van der Waals surface area contributed by atoms with Crippen molar-refractivity contribution in [2.24, 2.45) is 0 Å². The van der Waals surface area contributed by atoms with Gasteiger partial charge in [-0.2, -0.15) is 5.26 Å². The summed E-state index contributed by atoms with van der Waals surface area (Å²) in [5.74, 6) is 0.846. The van der Waals surface area contributed by atoms with Gasteiger partial charge < -0.3 is 15.2 Å². The fourth-order valence-corrected chi connectivity index (χ4v) is 2.92. The number of hydrogen-bond acceptors (Lipinski definition) is 4. The van der Waals surface area contributed by atoms with Gasteiger partial charge in [0, 0.05) is 18.7 Å². The number of para-hydroxylation sites is 1. The van der Waals surface area contributed by atoms with Crippen molar-refractivity contribution in [2.45, 2.75) is 6.42 Å². The molecule has 0 atom stereocenters. The number of rotatable bonds is 3. The molecule has 0 saturated carbocycles. The van der Waals surface area contributed by atoms with E-state index in [-0.39, 0.29) is 5.91 Å². The van der Waals surface area contributed by atoms with Crippen molar-refractivity contribution in [2.75, 3.05) is 18.5 Å². The molecular weight excluding hydrogens is 302 g/mol. The van der Waals surface area contributed by atoms with Crippen molar-refractivity contribution >= 4 is 22.6 Å². The van der Waals surface area contributed by atoms with Gasteiger partial charge in [-0.15, -0.1) is 0 Å². The third-order valence-corrected chi connectivity index (χ3v) is 4.18. The van der Waals surface area contributed by atoms with Crippen LogP contribution in [0.25, 0.3) is 11.0 Å². The third kappa shape index (κ3) is 2.46. The molecule has 4 rings (SSSR count). The van der Waals surface area contributed by atoms with Crippen molar-refractivity contribution in [1.29, 1.82) is 5.26 Å². The number of nitrogens with zero attached hydrogens (tertiary/aromatic N) is 3. The Labute approximate surface area is 138 Å². The summed E-state index contributed by atoms with van der Waals surface area (Å²) < 4.78 is 0. The Balaban J connectivity index is 1.49. The van der Waals surface area contributed by atoms with Gasteiger partial charge in [0.15, 0.2) is 0 Å². The summed E-state index contributed by atoms with van der Waals surface area (Å²) in [4.78, 5) is 22.0. The first-order chi connectivity index (χ1) is 11.7. The van der Waals surface area contributed by atoms with Gasteiger partial charge in [-0.25, -0.2) is 4.98 Å². The van der Waals surface area contributed by atoms with Crippen molar-refractivity contribution in [1.82, 2.24) is 14.9 Å². The Morgan fingerprint density at radius 2 is 2.12 bits per heavy atom. The lowest BCUT2D eigenvalue weighted by Crippen LogP contribution is -2.41. The van der Waals surface area contributed by atoms with Crippen molar-refractivity contribution in [3.8, 4) is 6.07 Å². The van der Waals surface area contributed by atoms with Crippen molar-refractivity contribution in [3.63, 3.8) is 0 Å². The number of carbonyl (C=O) groups is 1. The lowest BCUT2D eigenvalue weighted by atomic mass is 10.1. The Kier molecular flexibility index (Phi) is 3.39. The van der Waals surface area contributed by atoms with Gasteiger partial charge in [-0.05, 0) is 30.3 Å². The first kappa shape index (κ1) is 14.3. The van der Waals surface area contributed by atoms with E-state index in [1.807, 2.05) is 30.3 Å². The van der Waals surface area contributed by atoms with Crippen LogP contribution in [0.15, 0.2) is 42.5 Å². The largest absolute Gasteiger partial charge is 0.367 e. The molecule has 2 heterocycles. The topological polar surface area (TPSA) is 84.8 Å². The number of benzene rings is 2. The number of carbonyl (C=O) groups excluding carboxylic acids is 1. The molecule has 0 fully saturated rings. The Morgan fingerprint density at radius 1 is 1.25 bits per heavy atom. The van der Waals surface area contributed by atoms with Crippen molar-refractivity contribution in [3.05, 3.63) is 59.4 Å². The second-order valence-electron chi connectivity index (χ2n) is 5.73. The SMILES string of the molecule is N#Cc1ccc2nc(CCN3CNc4ccccc4C3=O)[nH]c2c1. The van der Waals surface area contributed by atoms with Gasteiger partial charge in [-0.3, -0.25) is 4.79 Å². The van der Waals surface area contributed by atoms with Gasteiger partial charge in [0.25, 0.3) is 5.91 Å². The number of amides is 1. The van der Waals surface area contributed by atoms with E-state index in [0.717, 1.165) is 22.5 Å². The number of nitrogens with one attached hydrogen (secondary N) is 2. The average molecular weight is 317 g/mol. The zero-order chi connectivity index (χ0) is 16.5. The summed E-state index contributed by atoms with van der Waals surface area (Å²) in [5.41, 5.74) is 3.86. The highest BCUT2D eigenvalue weighted by Crippen LogP contribution is 2.21. The molecule has 118 valence electrons. The first-order valence-corrected chi connectivity index (χ1v) is 7.75. The smallest absolute Gasteiger partial charge is 0.257 e. The van der Waals surface area contributed by atoms with E-state index < -0.39 is 0 Å². The molecule has 1 aliphatic heterocycles. The highest BCUT2D eigenvalue weighted by Gasteiger charge is 2.23. The molecule has 24 heavy (non-hydrogen) atoms. The van der Waals surface area contributed by atoms with Gasteiger partial charge in [0.05, 0.1) is 34.9 Å². The maximum absolute atomic E-state index is 12.5. The molecule has 1 aromatic heterocycles. The fourth-order valence-electron chi connectivity index (χ4n) is 2.92. The zero-order valence-electron chi connectivity index (χ0n) is 12.9. The summed E-state index contributed by atoms with van der Waals surface area (Å²) in [6.07, 6.45) is 0.631. The van der Waals surface area contributed by atoms with E-state index >= 15 is 0 Å². The van der Waals surface area contributed by atoms with E-state index in [4.69, 9.17) is 5.26 Å². The van der Waals surface area contributed by atoms with Crippen LogP contribution in [0.4, 0.5) is 5.69 Å². The first-order valence-electron chi connectivity index (χ1n) is 7.75. The normalized spacial score (nSPS) is 13.5. The lowest BCUT2D eigenvalue weighted by molar-refractivity contribution is 0.0759. The molecule has 1 amide bonds. The molecule has 2 N–H and O–H groups in total. The van der Waals surface area contributed by atoms with Gasteiger partial charge in [-0.1, -0.05) is 12.1 Å². The molecule has 3 aromatic rings. The number of aromatic nitrogens is 2. The minimum Gasteiger partial charge on any atom is -0.367 e. The molecule has 0 unspecified atom stereocenters. The van der Waals surface area contributed by atoms with E-state index in [0.29, 0.717) is 30.8 Å². The molecule has 6 nitrogen and oxygen atoms in total. The summed E-state index contributed by atoms with van der Waals surface area (Å²) in [7, 11) is 0. The second-order valence-corrected chi connectivity index (χ2v) is 5.73. The van der Waals surface area contributed by atoms with Crippen LogP contribution in [-0.4, -0.2) is 34.0 Å². The quantitative estimate of drug-likeness (QED) is 0.777. The Hall–Kier alpha value is -3.33. The minimum atomic E-state index is 0.0345. The predicted octanol–water partition coefficient (Wildman–Crippen LogP) is 2.50. The highest BCUT2D eigenvalue weighted by molar-refractivity contribution is 6.01. The number of imidazole rings is 1. The molecule has 0 bridgehead atoms. The number of anilines is 1. The van der Waals surface area contributed by atoms with E-state index in [9.17, 15) is 4.79 Å². The zero-order valence-corrected chi connectivity index (χ0v) is 12.9. The van der Waals surface area contributed by atoms with Gasteiger partial charge in [0.1, 0.15) is 5.82 Å². The third-order valence-electron chi connectivity index (χ3n) is 4.18. The van der Waals surface area contributed by atoms with E-state index in [2.05, 4.69) is 21.4 Å². The molecular formula is C18H15N5O. The standard InChI is InChI=1S/C18H15N5O/c19-10-12-5-6-15-16(9-12)22-17(21-15)7-8-23-11-20-14-4-2-1-3-13(14)18(23)24/h1-6,9,20H,7-8,11H2,(H,21,22). The van der Waals surface area contributed by atoms with E-state index in [1.54, 1.807) is 17.0 Å². The molecule has 0 spiro atoms. The van der Waals surface area contributed by atoms with Crippen LogP contribution in [0, 0.1) is 11.3 Å². The summed E-state index contributed by atoms with van der Waals surface area (Å²) in [5, 5.41) is 12.2. The number of fused-ring (bicyclic) bond motifs is 2. The lowest BCUT2D eigenvalue weighted by Gasteiger charge is -2.29. The van der Waals surface area contributed by atoms with E-state index in [1.165, 1.54) is 0 Å². The monoisotopic (exact) mass is 317 g/mol. The van der Waals surface area contributed by atoms with Gasteiger partial charge in [0.2, 0.25) is 0 Å². The molecule has 0 aliphatic carbocycles. The van der Waals surface area contributed by atoms with Crippen LogP contribution in [0.5, 0.6) is 0 Å². The molecule has 0 saturated heterocycles. The Morgan fingerprint density at radius 3 is 3.00 bits per heavy atom. The number of aromatic amines is 1. The van der Waals surface area contributed by atoms with Crippen molar-refractivity contribution < 1.29 is 4.79 Å². The molecule has 0 radical (unpaired) electrons. The maximum atomic E-state index is 12.5. The fraction of sp³-hybridized carbons (Fsp3) is 0.167. The molecule has 1 aliphatic rings. The molecule has 2 aromatic carbocycles. The van der Waals surface area contributed by atoms with Crippen LogP contribution in [0.1, 0.15) is 21.7 Å². The van der Waals surface area contributed by atoms with Crippen LogP contribution in [0.3, 0.4) is 0 Å². The summed E-state index contributed by atoms with van der Waals surface area (Å²) in [6, 6.07) is 15.0. The predicted molar refractivity (Wildman–Crippen MR) is 90.5 cm³/mol. The second kappa shape index (κ2) is 5.70. The number of nitriles is 1. The Bertz CT molecular complexity index is 969. The number of H-pyrrole nitrogens is 1. The average Bonchev–Trinajstić information content (AvgIpc) is 3.03. The van der Waals surface area contributed by atoms with Crippen LogP contribution in [-0.2, 0) is 6.42 Å². The number of hydrogen-bond donors (Lipinski definition) is 2. The van der Waals surface area contributed by atoms with Gasteiger partial charge >= 0.3 is 0 Å². The van der Waals surface area contributed by atoms with Crippen LogP contribution in [0.2, 0.25) is 0 Å².